The van der Waals surface area contributed by atoms with Gasteiger partial charge in [-0.15, -0.1) is 0 Å². The van der Waals surface area contributed by atoms with Crippen LogP contribution in [0.15, 0.2) is 53.4 Å². The molecule has 0 aromatic heterocycles. The number of benzene rings is 2. The van der Waals surface area contributed by atoms with Crippen molar-refractivity contribution in [2.75, 3.05) is 50.5 Å². The Morgan fingerprint density at radius 1 is 1.00 bits per heavy atom. The standard InChI is InChI=1S/C19H24N4O7S2/c1-30-19-5-3-2-4-18(19)21-11-13-22(14-12-21)31(26,27)15-10-20-32(28,29)17-8-6-16(7-9-17)23(24)25/h2-9,20H,10-15H2,1H3. The number of rotatable bonds is 9. The van der Waals surface area contributed by atoms with E-state index in [4.69, 9.17) is 4.74 Å². The molecule has 0 atom stereocenters. The molecule has 1 N–H and O–H groups in total. The summed E-state index contributed by atoms with van der Waals surface area (Å²) < 4.78 is 58.9. The van der Waals surface area contributed by atoms with Gasteiger partial charge in [-0.05, 0) is 24.3 Å². The van der Waals surface area contributed by atoms with Gasteiger partial charge in [-0.1, -0.05) is 12.1 Å². The third-order valence-electron chi connectivity index (χ3n) is 5.07. The zero-order valence-electron chi connectivity index (χ0n) is 17.4. The molecule has 1 saturated heterocycles. The van der Waals surface area contributed by atoms with Crippen molar-refractivity contribution < 1.29 is 26.5 Å². The number of ether oxygens (including phenoxy) is 1. The van der Waals surface area contributed by atoms with Gasteiger partial charge in [0.25, 0.3) is 5.69 Å². The maximum atomic E-state index is 12.7. The van der Waals surface area contributed by atoms with Gasteiger partial charge in [0.05, 0.1) is 28.4 Å². The number of nitro groups is 1. The third-order valence-corrected chi connectivity index (χ3v) is 8.42. The monoisotopic (exact) mass is 484 g/mol. The highest BCUT2D eigenvalue weighted by Crippen LogP contribution is 2.28. The van der Waals surface area contributed by atoms with Crippen molar-refractivity contribution in [3.05, 3.63) is 58.6 Å². The van der Waals surface area contributed by atoms with Gasteiger partial charge < -0.3 is 9.64 Å². The van der Waals surface area contributed by atoms with Gasteiger partial charge in [0.15, 0.2) is 0 Å². The number of methoxy groups -OCH3 is 1. The molecule has 0 radical (unpaired) electrons. The van der Waals surface area contributed by atoms with Crippen molar-refractivity contribution in [2.24, 2.45) is 0 Å². The Labute approximate surface area is 186 Å². The van der Waals surface area contributed by atoms with Crippen LogP contribution in [0.4, 0.5) is 11.4 Å². The van der Waals surface area contributed by atoms with Crippen molar-refractivity contribution in [3.63, 3.8) is 0 Å². The topological polar surface area (TPSA) is 139 Å². The van der Waals surface area contributed by atoms with Gasteiger partial charge >= 0.3 is 0 Å². The summed E-state index contributed by atoms with van der Waals surface area (Å²) in [5, 5.41) is 10.7. The predicted octanol–water partition coefficient (Wildman–Crippen LogP) is 1.03. The number of nitrogens with one attached hydrogen (secondary N) is 1. The maximum absolute atomic E-state index is 12.7. The van der Waals surface area contributed by atoms with E-state index in [2.05, 4.69) is 4.72 Å². The summed E-state index contributed by atoms with van der Waals surface area (Å²) >= 11 is 0. The van der Waals surface area contributed by atoms with Gasteiger partial charge in [0.1, 0.15) is 5.75 Å². The van der Waals surface area contributed by atoms with Gasteiger partial charge in [0.2, 0.25) is 20.0 Å². The molecule has 1 fully saturated rings. The molecule has 1 aliphatic heterocycles. The van der Waals surface area contributed by atoms with E-state index in [1.807, 2.05) is 29.2 Å². The fraction of sp³-hybridized carbons (Fsp3) is 0.368. The Hall–Kier alpha value is -2.74. The molecule has 0 unspecified atom stereocenters. The molecule has 1 heterocycles. The van der Waals surface area contributed by atoms with E-state index in [1.54, 1.807) is 7.11 Å². The Morgan fingerprint density at radius 2 is 1.62 bits per heavy atom. The van der Waals surface area contributed by atoms with Crippen molar-refractivity contribution in [1.29, 1.82) is 0 Å². The van der Waals surface area contributed by atoms with E-state index in [0.29, 0.717) is 18.8 Å². The number of piperazine rings is 1. The quantitative estimate of drug-likeness (QED) is 0.411. The van der Waals surface area contributed by atoms with Crippen molar-refractivity contribution in [1.82, 2.24) is 9.03 Å². The Morgan fingerprint density at radius 3 is 2.22 bits per heavy atom. The van der Waals surface area contributed by atoms with Gasteiger partial charge in [-0.3, -0.25) is 10.1 Å². The first kappa shape index (κ1) is 23.9. The number of nitro benzene ring substituents is 1. The van der Waals surface area contributed by atoms with Crippen LogP contribution in [0.5, 0.6) is 5.75 Å². The number of anilines is 1. The van der Waals surface area contributed by atoms with E-state index in [-0.39, 0.29) is 30.2 Å². The Kier molecular flexibility index (Phi) is 7.33. The summed E-state index contributed by atoms with van der Waals surface area (Å²) in [5.41, 5.74) is 0.654. The molecule has 11 nitrogen and oxygen atoms in total. The van der Waals surface area contributed by atoms with Crippen LogP contribution in [-0.2, 0) is 20.0 Å². The van der Waals surface area contributed by atoms with Gasteiger partial charge in [-0.25, -0.2) is 21.6 Å². The second-order valence-electron chi connectivity index (χ2n) is 7.02. The minimum Gasteiger partial charge on any atom is -0.495 e. The molecule has 0 spiro atoms. The largest absolute Gasteiger partial charge is 0.495 e. The lowest BCUT2D eigenvalue weighted by atomic mass is 10.2. The summed E-state index contributed by atoms with van der Waals surface area (Å²) in [5.74, 6) is 0.317. The third kappa shape index (κ3) is 5.54. The molecule has 0 amide bonds. The number of non-ortho nitro benzene ring substituents is 1. The second kappa shape index (κ2) is 9.81. The molecular formula is C19H24N4O7S2. The molecule has 0 saturated carbocycles. The van der Waals surface area contributed by atoms with Gasteiger partial charge in [0, 0.05) is 44.9 Å². The number of hydrogen-bond donors (Lipinski definition) is 1. The minimum atomic E-state index is -3.99. The SMILES string of the molecule is COc1ccccc1N1CCN(S(=O)(=O)CCNS(=O)(=O)c2ccc([N+](=O)[O-])cc2)CC1. The lowest BCUT2D eigenvalue weighted by molar-refractivity contribution is -0.384. The highest BCUT2D eigenvalue weighted by Gasteiger charge is 2.28. The average Bonchev–Trinajstić information content (AvgIpc) is 2.79. The van der Waals surface area contributed by atoms with E-state index in [0.717, 1.165) is 30.0 Å². The molecular weight excluding hydrogens is 460 g/mol. The van der Waals surface area contributed by atoms with E-state index >= 15 is 0 Å². The molecule has 0 bridgehead atoms. The van der Waals surface area contributed by atoms with Crippen LogP contribution in [0.1, 0.15) is 0 Å². The smallest absolute Gasteiger partial charge is 0.269 e. The highest BCUT2D eigenvalue weighted by atomic mass is 32.2. The first-order valence-corrected chi connectivity index (χ1v) is 12.8. The summed E-state index contributed by atoms with van der Waals surface area (Å²) in [6.45, 7) is 1.20. The van der Waals surface area contributed by atoms with Crippen LogP contribution in [0.3, 0.4) is 0 Å². The Bertz CT molecular complexity index is 1160. The predicted molar refractivity (Wildman–Crippen MR) is 119 cm³/mol. The molecule has 2 aromatic rings. The van der Waals surface area contributed by atoms with Gasteiger partial charge in [-0.2, -0.15) is 4.31 Å². The van der Waals surface area contributed by atoms with Crippen molar-refractivity contribution >= 4 is 31.4 Å². The molecule has 174 valence electrons. The van der Waals surface area contributed by atoms with Crippen molar-refractivity contribution in [2.45, 2.75) is 4.90 Å². The molecule has 32 heavy (non-hydrogen) atoms. The summed E-state index contributed by atoms with van der Waals surface area (Å²) in [6.07, 6.45) is 0. The minimum absolute atomic E-state index is 0.175. The lowest BCUT2D eigenvalue weighted by Gasteiger charge is -2.35. The first-order chi connectivity index (χ1) is 15.1. The lowest BCUT2D eigenvalue weighted by Crippen LogP contribution is -2.50. The number of sulfonamides is 2. The summed E-state index contributed by atoms with van der Waals surface area (Å²) in [7, 11) is -6.07. The van der Waals surface area contributed by atoms with E-state index < -0.39 is 30.7 Å². The van der Waals surface area contributed by atoms with Crippen LogP contribution < -0.4 is 14.4 Å². The van der Waals surface area contributed by atoms with Crippen LogP contribution in [0, 0.1) is 10.1 Å². The highest BCUT2D eigenvalue weighted by molar-refractivity contribution is 7.90. The van der Waals surface area contributed by atoms with Crippen LogP contribution in [0.25, 0.3) is 0 Å². The second-order valence-corrected chi connectivity index (χ2v) is 10.9. The fourth-order valence-corrected chi connectivity index (χ4v) is 5.86. The molecule has 3 rings (SSSR count). The zero-order chi connectivity index (χ0) is 23.4. The van der Waals surface area contributed by atoms with E-state index in [9.17, 15) is 26.9 Å². The first-order valence-electron chi connectivity index (χ1n) is 9.74. The number of hydrogen-bond acceptors (Lipinski definition) is 8. The van der Waals surface area contributed by atoms with Crippen LogP contribution >= 0.6 is 0 Å². The maximum Gasteiger partial charge on any atom is 0.269 e. The number of para-hydroxylation sites is 2. The number of nitrogens with zero attached hydrogens (tertiary/aromatic N) is 3. The normalized spacial score (nSPS) is 15.5. The van der Waals surface area contributed by atoms with E-state index in [1.165, 1.54) is 4.31 Å². The molecule has 0 aliphatic carbocycles. The summed E-state index contributed by atoms with van der Waals surface area (Å²) in [4.78, 5) is 11.9. The average molecular weight is 485 g/mol. The molecule has 13 heteroatoms. The van der Waals surface area contributed by atoms with Crippen molar-refractivity contribution in [3.8, 4) is 5.75 Å². The fourth-order valence-electron chi connectivity index (χ4n) is 3.36. The zero-order valence-corrected chi connectivity index (χ0v) is 19.0. The molecule has 2 aromatic carbocycles. The summed E-state index contributed by atoms with van der Waals surface area (Å²) in [6, 6.07) is 11.9. The van der Waals surface area contributed by atoms with Crippen LogP contribution in [0.2, 0.25) is 0 Å². The Balaban J connectivity index is 1.55. The van der Waals surface area contributed by atoms with Crippen LogP contribution in [-0.4, -0.2) is 71.7 Å². The molecule has 1 aliphatic rings.